The maximum absolute atomic E-state index is 12.6. The molecule has 9 heteroatoms. The summed E-state index contributed by atoms with van der Waals surface area (Å²) >= 11 is 0.708. The van der Waals surface area contributed by atoms with Crippen LogP contribution < -0.4 is 5.73 Å². The van der Waals surface area contributed by atoms with Crippen LogP contribution in [-0.4, -0.2) is 42.3 Å². The highest BCUT2D eigenvalue weighted by Gasteiger charge is 2.37. The van der Waals surface area contributed by atoms with Gasteiger partial charge in [-0.2, -0.15) is 4.31 Å². The molecule has 2 rings (SSSR count). The van der Waals surface area contributed by atoms with E-state index in [2.05, 4.69) is 0 Å². The number of hydrogen-bond acceptors (Lipinski definition) is 5. The topological polar surface area (TPSA) is 118 Å². The second kappa shape index (κ2) is 5.74. The maximum Gasteiger partial charge on any atom is 0.345 e. The minimum Gasteiger partial charge on any atom is -0.477 e. The number of thiophene rings is 1. The monoisotopic (exact) mass is 332 g/mol. The van der Waals surface area contributed by atoms with Crippen molar-refractivity contribution in [2.24, 2.45) is 11.7 Å². The van der Waals surface area contributed by atoms with Crippen molar-refractivity contribution in [2.45, 2.75) is 30.0 Å². The molecular weight excluding hydrogens is 316 g/mol. The van der Waals surface area contributed by atoms with Gasteiger partial charge in [0.1, 0.15) is 9.09 Å². The summed E-state index contributed by atoms with van der Waals surface area (Å²) in [5, 5.41) is 8.88. The van der Waals surface area contributed by atoms with Crippen LogP contribution in [-0.2, 0) is 14.8 Å². The molecule has 116 valence electrons. The fourth-order valence-corrected chi connectivity index (χ4v) is 5.31. The number of piperidine rings is 1. The number of sulfonamides is 1. The zero-order chi connectivity index (χ0) is 15.8. The fraction of sp³-hybridized carbons (Fsp3) is 0.500. The first kappa shape index (κ1) is 15.9. The highest BCUT2D eigenvalue weighted by atomic mass is 32.2. The number of carbonyl (C=O) groups is 2. The molecule has 0 aliphatic carbocycles. The van der Waals surface area contributed by atoms with Crippen molar-refractivity contribution >= 4 is 33.2 Å². The molecule has 2 atom stereocenters. The Balaban J connectivity index is 2.32. The van der Waals surface area contributed by atoms with E-state index in [1.54, 1.807) is 6.92 Å². The molecule has 0 aromatic carbocycles. The third kappa shape index (κ3) is 3.09. The number of hydrogen-bond donors (Lipinski definition) is 2. The van der Waals surface area contributed by atoms with E-state index in [1.807, 2.05) is 0 Å². The Labute approximate surface area is 126 Å². The molecule has 1 fully saturated rings. The smallest absolute Gasteiger partial charge is 0.345 e. The van der Waals surface area contributed by atoms with Gasteiger partial charge in [-0.25, -0.2) is 13.2 Å². The SMILES string of the molecule is CC1CCC(C(N)=O)CN1S(=O)(=O)c1ccc(C(=O)O)s1. The van der Waals surface area contributed by atoms with Crippen LogP contribution in [0, 0.1) is 5.92 Å². The molecule has 1 aromatic heterocycles. The third-order valence-electron chi connectivity index (χ3n) is 3.58. The molecular formula is C12H16N2O5S2. The number of nitrogens with zero attached hydrogens (tertiary/aromatic N) is 1. The second-order valence-corrected chi connectivity index (χ2v) is 8.23. The van der Waals surface area contributed by atoms with Crippen molar-refractivity contribution in [2.75, 3.05) is 6.54 Å². The molecule has 0 radical (unpaired) electrons. The average Bonchev–Trinajstić information content (AvgIpc) is 2.89. The minimum absolute atomic E-state index is 0.0307. The Morgan fingerprint density at radius 1 is 1.38 bits per heavy atom. The number of rotatable bonds is 4. The largest absolute Gasteiger partial charge is 0.477 e. The number of amides is 1. The lowest BCUT2D eigenvalue weighted by molar-refractivity contribution is -0.123. The van der Waals surface area contributed by atoms with Gasteiger partial charge in [0, 0.05) is 12.6 Å². The van der Waals surface area contributed by atoms with Crippen molar-refractivity contribution in [3.63, 3.8) is 0 Å². The molecule has 1 aliphatic rings. The molecule has 0 bridgehead atoms. The molecule has 3 N–H and O–H groups in total. The fourth-order valence-electron chi connectivity index (χ4n) is 2.33. The van der Waals surface area contributed by atoms with Crippen molar-refractivity contribution in [1.82, 2.24) is 4.31 Å². The van der Waals surface area contributed by atoms with Crippen LogP contribution >= 0.6 is 11.3 Å². The number of carboxylic acids is 1. The van der Waals surface area contributed by atoms with Gasteiger partial charge in [0.2, 0.25) is 5.91 Å². The summed E-state index contributed by atoms with van der Waals surface area (Å²) in [6.45, 7) is 1.81. The first-order valence-electron chi connectivity index (χ1n) is 6.37. The van der Waals surface area contributed by atoms with Gasteiger partial charge < -0.3 is 10.8 Å². The Morgan fingerprint density at radius 3 is 2.57 bits per heavy atom. The quantitative estimate of drug-likeness (QED) is 0.842. The zero-order valence-electron chi connectivity index (χ0n) is 11.4. The molecule has 1 aliphatic heterocycles. The predicted octanol–water partition coefficient (Wildman–Crippen LogP) is 0.721. The second-order valence-electron chi connectivity index (χ2n) is 5.02. The molecule has 2 unspecified atom stereocenters. The van der Waals surface area contributed by atoms with Crippen LogP contribution in [0.4, 0.5) is 0 Å². The summed E-state index contributed by atoms with van der Waals surface area (Å²) in [6.07, 6.45) is 1.11. The van der Waals surface area contributed by atoms with Crippen molar-refractivity contribution in [3.8, 4) is 0 Å². The van der Waals surface area contributed by atoms with Gasteiger partial charge in [-0.1, -0.05) is 0 Å². The van der Waals surface area contributed by atoms with Crippen LogP contribution in [0.5, 0.6) is 0 Å². The first-order valence-corrected chi connectivity index (χ1v) is 8.63. The molecule has 21 heavy (non-hydrogen) atoms. The van der Waals surface area contributed by atoms with Gasteiger partial charge >= 0.3 is 5.97 Å². The summed E-state index contributed by atoms with van der Waals surface area (Å²) in [4.78, 5) is 22.1. The maximum atomic E-state index is 12.6. The molecule has 0 saturated carbocycles. The molecule has 7 nitrogen and oxygen atoms in total. The van der Waals surface area contributed by atoms with Crippen molar-refractivity contribution in [3.05, 3.63) is 17.0 Å². The lowest BCUT2D eigenvalue weighted by atomic mass is 9.95. The summed E-state index contributed by atoms with van der Waals surface area (Å²) in [7, 11) is -3.81. The lowest BCUT2D eigenvalue weighted by Gasteiger charge is -2.35. The molecule has 1 saturated heterocycles. The number of carbonyl (C=O) groups excluding carboxylic acids is 1. The molecule has 2 heterocycles. The van der Waals surface area contributed by atoms with E-state index in [4.69, 9.17) is 10.8 Å². The standard InChI is InChI=1S/C12H16N2O5S2/c1-7-2-3-8(11(13)15)6-14(7)21(18,19)10-5-4-9(20-10)12(16)17/h4-5,7-8H,2-3,6H2,1H3,(H2,13,15)(H,16,17). The van der Waals surface area contributed by atoms with Crippen molar-refractivity contribution in [1.29, 1.82) is 0 Å². The molecule has 0 spiro atoms. The average molecular weight is 332 g/mol. The Morgan fingerprint density at radius 2 is 2.05 bits per heavy atom. The van der Waals surface area contributed by atoms with E-state index in [9.17, 15) is 18.0 Å². The highest BCUT2D eigenvalue weighted by molar-refractivity contribution is 7.91. The third-order valence-corrected chi connectivity index (χ3v) is 7.10. The van der Waals surface area contributed by atoms with E-state index < -0.39 is 27.8 Å². The summed E-state index contributed by atoms with van der Waals surface area (Å²) in [5.74, 6) is -2.18. The molecule has 1 aromatic rings. The highest BCUT2D eigenvalue weighted by Crippen LogP contribution is 2.31. The first-order chi connectivity index (χ1) is 9.73. The van der Waals surface area contributed by atoms with E-state index >= 15 is 0 Å². The van der Waals surface area contributed by atoms with Gasteiger partial charge in [0.15, 0.2) is 0 Å². The van der Waals surface area contributed by atoms with Gasteiger partial charge in [0.05, 0.1) is 5.92 Å². The van der Waals surface area contributed by atoms with E-state index in [1.165, 1.54) is 16.4 Å². The number of aromatic carboxylic acids is 1. The van der Waals surface area contributed by atoms with Gasteiger partial charge in [-0.3, -0.25) is 4.79 Å². The van der Waals surface area contributed by atoms with Crippen LogP contribution in [0.2, 0.25) is 0 Å². The minimum atomic E-state index is -3.81. The number of carboxylic acid groups (broad SMARTS) is 1. The van der Waals surface area contributed by atoms with Crippen LogP contribution in [0.15, 0.2) is 16.3 Å². The summed E-state index contributed by atoms with van der Waals surface area (Å²) in [5.41, 5.74) is 5.27. The van der Waals surface area contributed by atoms with E-state index in [0.29, 0.717) is 24.2 Å². The lowest BCUT2D eigenvalue weighted by Crippen LogP contribution is -2.48. The normalized spacial score (nSPS) is 23.9. The van der Waals surface area contributed by atoms with E-state index in [0.717, 1.165) is 0 Å². The van der Waals surface area contributed by atoms with Crippen LogP contribution in [0.1, 0.15) is 29.4 Å². The summed E-state index contributed by atoms with van der Waals surface area (Å²) in [6, 6.07) is 2.30. The van der Waals surface area contributed by atoms with Crippen LogP contribution in [0.25, 0.3) is 0 Å². The zero-order valence-corrected chi connectivity index (χ0v) is 13.0. The molecule has 1 amide bonds. The van der Waals surface area contributed by atoms with Gasteiger partial charge in [0.25, 0.3) is 10.0 Å². The Hall–Kier alpha value is -1.45. The van der Waals surface area contributed by atoms with Gasteiger partial charge in [-0.15, -0.1) is 11.3 Å². The van der Waals surface area contributed by atoms with E-state index in [-0.39, 0.29) is 21.7 Å². The number of primary amides is 1. The van der Waals surface area contributed by atoms with Gasteiger partial charge in [-0.05, 0) is 31.9 Å². The summed E-state index contributed by atoms with van der Waals surface area (Å²) < 4.78 is 26.4. The van der Waals surface area contributed by atoms with Crippen LogP contribution in [0.3, 0.4) is 0 Å². The Bertz CT molecular complexity index is 667. The number of nitrogens with two attached hydrogens (primary N) is 1. The predicted molar refractivity (Wildman–Crippen MR) is 76.6 cm³/mol. The Kier molecular flexibility index (Phi) is 4.35. The van der Waals surface area contributed by atoms with Crippen molar-refractivity contribution < 1.29 is 23.1 Å².